The maximum Gasteiger partial charge on any atom is 0.223 e. The van der Waals surface area contributed by atoms with Crippen molar-refractivity contribution in [3.05, 3.63) is 0 Å². The molecule has 1 spiro atoms. The molecule has 0 radical (unpaired) electrons. The Hall–Kier alpha value is -0.610. The van der Waals surface area contributed by atoms with Crippen LogP contribution in [0, 0.1) is 5.92 Å². The van der Waals surface area contributed by atoms with Crippen molar-refractivity contribution >= 4 is 5.91 Å². The quantitative estimate of drug-likeness (QED) is 0.827. The second-order valence-electron chi connectivity index (χ2n) is 6.81. The second-order valence-corrected chi connectivity index (χ2v) is 6.81. The molecule has 4 nitrogen and oxygen atoms in total. The molecule has 3 unspecified atom stereocenters. The minimum Gasteiger partial charge on any atom is -0.370 e. The van der Waals surface area contributed by atoms with Crippen molar-refractivity contribution in [3.8, 4) is 0 Å². The summed E-state index contributed by atoms with van der Waals surface area (Å²) in [6.07, 6.45) is 8.16. The van der Waals surface area contributed by atoms with Gasteiger partial charge in [0.2, 0.25) is 5.91 Å². The first-order chi connectivity index (χ1) is 9.08. The van der Waals surface area contributed by atoms with E-state index in [-0.39, 0.29) is 23.7 Å². The molecule has 3 aliphatic rings. The van der Waals surface area contributed by atoms with Crippen molar-refractivity contribution in [2.45, 2.75) is 69.6 Å². The minimum atomic E-state index is 0.125. The van der Waals surface area contributed by atoms with Gasteiger partial charge in [-0.15, -0.1) is 0 Å². The van der Waals surface area contributed by atoms with Crippen molar-refractivity contribution in [2.24, 2.45) is 11.7 Å². The van der Waals surface area contributed by atoms with E-state index in [1.807, 2.05) is 4.90 Å². The lowest BCUT2D eigenvalue weighted by atomic mass is 9.93. The Bertz CT molecular complexity index is 352. The molecular formula is C15H26N2O2. The molecule has 0 bridgehead atoms. The first-order valence-corrected chi connectivity index (χ1v) is 7.79. The van der Waals surface area contributed by atoms with Gasteiger partial charge < -0.3 is 15.4 Å². The maximum absolute atomic E-state index is 12.1. The summed E-state index contributed by atoms with van der Waals surface area (Å²) in [5, 5.41) is 0. The summed E-state index contributed by atoms with van der Waals surface area (Å²) in [6.45, 7) is 3.52. The minimum absolute atomic E-state index is 0.125. The second kappa shape index (κ2) is 5.06. The number of nitrogens with zero attached hydrogens (tertiary/aromatic N) is 1. The predicted molar refractivity (Wildman–Crippen MR) is 73.6 cm³/mol. The molecule has 108 valence electrons. The zero-order valence-electron chi connectivity index (χ0n) is 11.9. The van der Waals surface area contributed by atoms with E-state index in [1.54, 1.807) is 0 Å². The summed E-state index contributed by atoms with van der Waals surface area (Å²) in [6, 6.07) is 0.125. The van der Waals surface area contributed by atoms with Crippen LogP contribution >= 0.6 is 0 Å². The van der Waals surface area contributed by atoms with Crippen LogP contribution < -0.4 is 5.73 Å². The van der Waals surface area contributed by atoms with E-state index < -0.39 is 0 Å². The van der Waals surface area contributed by atoms with Crippen LogP contribution in [0.3, 0.4) is 0 Å². The van der Waals surface area contributed by atoms with Crippen LogP contribution in [0.15, 0.2) is 0 Å². The third-order valence-electron chi connectivity index (χ3n) is 5.29. The van der Waals surface area contributed by atoms with Crippen LogP contribution in [0.1, 0.15) is 51.9 Å². The smallest absolute Gasteiger partial charge is 0.223 e. The summed E-state index contributed by atoms with van der Waals surface area (Å²) in [5.41, 5.74) is 6.25. The third kappa shape index (κ3) is 2.65. The highest BCUT2D eigenvalue weighted by molar-refractivity contribution is 5.77. The number of ether oxygens (including phenoxy) is 1. The highest BCUT2D eigenvalue weighted by atomic mass is 16.5. The number of nitrogens with two attached hydrogens (primary N) is 1. The van der Waals surface area contributed by atoms with Crippen LogP contribution in [0.4, 0.5) is 0 Å². The normalized spacial score (nSPS) is 38.3. The van der Waals surface area contributed by atoms with Gasteiger partial charge in [-0.1, -0.05) is 19.8 Å². The number of piperidine rings is 1. The average Bonchev–Trinajstić information content (AvgIpc) is 2.98. The fourth-order valence-corrected chi connectivity index (χ4v) is 3.93. The molecule has 0 aromatic carbocycles. The summed E-state index contributed by atoms with van der Waals surface area (Å²) in [7, 11) is 0. The lowest BCUT2D eigenvalue weighted by molar-refractivity contribution is -0.138. The van der Waals surface area contributed by atoms with Gasteiger partial charge in [-0.3, -0.25) is 4.79 Å². The Kier molecular flexibility index (Phi) is 3.56. The van der Waals surface area contributed by atoms with Crippen molar-refractivity contribution in [1.82, 2.24) is 4.90 Å². The van der Waals surface area contributed by atoms with Crippen molar-refractivity contribution < 1.29 is 9.53 Å². The van der Waals surface area contributed by atoms with E-state index >= 15 is 0 Å². The van der Waals surface area contributed by atoms with Gasteiger partial charge in [-0.2, -0.15) is 0 Å². The molecular weight excluding hydrogens is 240 g/mol. The Morgan fingerprint density at radius 2 is 2.11 bits per heavy atom. The lowest BCUT2D eigenvalue weighted by Gasteiger charge is -2.36. The topological polar surface area (TPSA) is 55.6 Å². The summed E-state index contributed by atoms with van der Waals surface area (Å²) < 4.78 is 6.29. The molecule has 0 aromatic heterocycles. The monoisotopic (exact) mass is 266 g/mol. The molecule has 3 fully saturated rings. The molecule has 2 aliphatic heterocycles. The van der Waals surface area contributed by atoms with Crippen LogP contribution in [0.2, 0.25) is 0 Å². The fraction of sp³-hybridized carbons (Fsp3) is 0.933. The zero-order valence-corrected chi connectivity index (χ0v) is 11.9. The van der Waals surface area contributed by atoms with Gasteiger partial charge in [0.05, 0.1) is 11.7 Å². The molecule has 2 heterocycles. The molecule has 19 heavy (non-hydrogen) atoms. The number of carbonyl (C=O) groups excluding carboxylic acids is 1. The van der Waals surface area contributed by atoms with Crippen LogP contribution in [-0.4, -0.2) is 41.6 Å². The van der Waals surface area contributed by atoms with E-state index in [0.29, 0.717) is 18.9 Å². The molecule has 3 atom stereocenters. The summed E-state index contributed by atoms with van der Waals surface area (Å²) >= 11 is 0. The Morgan fingerprint density at radius 1 is 1.37 bits per heavy atom. The van der Waals surface area contributed by atoms with Crippen LogP contribution in [0.5, 0.6) is 0 Å². The van der Waals surface area contributed by atoms with Crippen molar-refractivity contribution in [2.75, 3.05) is 13.1 Å². The van der Waals surface area contributed by atoms with Gasteiger partial charge >= 0.3 is 0 Å². The number of carbonyl (C=O) groups is 1. The van der Waals surface area contributed by atoms with Gasteiger partial charge in [-0.05, 0) is 31.6 Å². The van der Waals surface area contributed by atoms with E-state index in [0.717, 1.165) is 13.0 Å². The van der Waals surface area contributed by atoms with Crippen molar-refractivity contribution in [3.63, 3.8) is 0 Å². The average molecular weight is 266 g/mol. The highest BCUT2D eigenvalue weighted by Gasteiger charge is 2.43. The van der Waals surface area contributed by atoms with Gasteiger partial charge in [0, 0.05) is 25.6 Å². The first kappa shape index (κ1) is 13.4. The largest absolute Gasteiger partial charge is 0.370 e. The van der Waals surface area contributed by atoms with Gasteiger partial charge in [-0.25, -0.2) is 0 Å². The Balaban J connectivity index is 1.56. The molecule has 2 saturated heterocycles. The number of amides is 1. The molecule has 0 aromatic rings. The summed E-state index contributed by atoms with van der Waals surface area (Å²) in [5.74, 6) is 0.569. The molecule has 3 rings (SSSR count). The maximum atomic E-state index is 12.1. The molecule has 2 N–H and O–H groups in total. The molecule has 1 amide bonds. The standard InChI is InChI=1S/C15H26N2O2/c1-11-8-14(18)17(10-13(11)16)9-12-4-7-15(19-12)5-2-3-6-15/h11-13H,2-10,16H2,1H3. The molecule has 1 saturated carbocycles. The van der Waals surface area contributed by atoms with Gasteiger partial charge in [0.15, 0.2) is 0 Å². The Labute approximate surface area is 115 Å². The zero-order chi connectivity index (χ0) is 13.5. The van der Waals surface area contributed by atoms with E-state index in [2.05, 4.69) is 6.92 Å². The van der Waals surface area contributed by atoms with Gasteiger partial charge in [0.25, 0.3) is 0 Å². The van der Waals surface area contributed by atoms with Crippen molar-refractivity contribution in [1.29, 1.82) is 0 Å². The van der Waals surface area contributed by atoms with Crippen LogP contribution in [-0.2, 0) is 9.53 Å². The van der Waals surface area contributed by atoms with E-state index in [9.17, 15) is 4.79 Å². The predicted octanol–water partition coefficient (Wildman–Crippen LogP) is 1.67. The summed E-state index contributed by atoms with van der Waals surface area (Å²) in [4.78, 5) is 14.0. The van der Waals surface area contributed by atoms with Crippen LogP contribution in [0.25, 0.3) is 0 Å². The number of rotatable bonds is 2. The SMILES string of the molecule is CC1CC(=O)N(CC2CCC3(CCCC3)O2)CC1N. The molecule has 1 aliphatic carbocycles. The number of hydrogen-bond acceptors (Lipinski definition) is 3. The van der Waals surface area contributed by atoms with E-state index in [1.165, 1.54) is 32.1 Å². The van der Waals surface area contributed by atoms with Gasteiger partial charge in [0.1, 0.15) is 0 Å². The third-order valence-corrected chi connectivity index (χ3v) is 5.29. The molecule has 4 heteroatoms. The Morgan fingerprint density at radius 3 is 2.84 bits per heavy atom. The number of hydrogen-bond donors (Lipinski definition) is 1. The fourth-order valence-electron chi connectivity index (χ4n) is 3.93. The lowest BCUT2D eigenvalue weighted by Crippen LogP contribution is -2.52. The number of likely N-dealkylation sites (tertiary alicyclic amines) is 1. The first-order valence-electron chi connectivity index (χ1n) is 7.79. The highest BCUT2D eigenvalue weighted by Crippen LogP contribution is 2.43. The van der Waals surface area contributed by atoms with E-state index in [4.69, 9.17) is 10.5 Å².